The zero-order chi connectivity index (χ0) is 15.0. The number of nitrogens with two attached hydrogens (primary N) is 1. The summed E-state index contributed by atoms with van der Waals surface area (Å²) < 4.78 is 26.8. The molecule has 6 nitrogen and oxygen atoms in total. The lowest BCUT2D eigenvalue weighted by Gasteiger charge is -2.44. The quantitative estimate of drug-likeness (QED) is 0.865. The first-order valence-corrected chi connectivity index (χ1v) is 8.08. The van der Waals surface area contributed by atoms with Crippen LogP contribution in [0.5, 0.6) is 0 Å². The Kier molecular flexibility index (Phi) is 4.15. The molecule has 1 fully saturated rings. The third kappa shape index (κ3) is 2.85. The van der Waals surface area contributed by atoms with Gasteiger partial charge in [0.25, 0.3) is 0 Å². The number of rotatable bonds is 3. The van der Waals surface area contributed by atoms with Crippen LogP contribution in [0.15, 0.2) is 23.2 Å². The molecule has 2 rings (SSSR count). The third-order valence-electron chi connectivity index (χ3n) is 3.93. The molecule has 20 heavy (non-hydrogen) atoms. The van der Waals surface area contributed by atoms with Crippen LogP contribution >= 0.6 is 0 Å². The van der Waals surface area contributed by atoms with Crippen LogP contribution in [0.25, 0.3) is 0 Å². The van der Waals surface area contributed by atoms with Crippen LogP contribution in [0.4, 0.5) is 0 Å². The number of sulfonamides is 1. The first-order valence-electron chi connectivity index (χ1n) is 6.64. The van der Waals surface area contributed by atoms with Crippen molar-refractivity contribution in [3.63, 3.8) is 0 Å². The summed E-state index contributed by atoms with van der Waals surface area (Å²) in [5.74, 6) is 0. The van der Waals surface area contributed by atoms with Gasteiger partial charge in [0.1, 0.15) is 4.90 Å². The van der Waals surface area contributed by atoms with E-state index in [9.17, 15) is 8.42 Å². The van der Waals surface area contributed by atoms with Gasteiger partial charge in [-0.3, -0.25) is 9.88 Å². The Morgan fingerprint density at radius 1 is 1.35 bits per heavy atom. The molecule has 0 aromatic carbocycles. The Morgan fingerprint density at radius 2 is 2.05 bits per heavy atom. The summed E-state index contributed by atoms with van der Waals surface area (Å²) in [5.41, 5.74) is 5.99. The van der Waals surface area contributed by atoms with Crippen molar-refractivity contribution in [2.45, 2.75) is 30.8 Å². The molecule has 0 aliphatic carbocycles. The van der Waals surface area contributed by atoms with E-state index < -0.39 is 10.0 Å². The van der Waals surface area contributed by atoms with E-state index in [0.29, 0.717) is 25.3 Å². The number of piperazine rings is 1. The van der Waals surface area contributed by atoms with E-state index in [1.54, 1.807) is 12.1 Å². The zero-order valence-corrected chi connectivity index (χ0v) is 13.0. The smallest absolute Gasteiger partial charge is 0.244 e. The maximum atomic E-state index is 12.6. The Balaban J connectivity index is 2.26. The molecule has 0 amide bonds. The van der Waals surface area contributed by atoms with Gasteiger partial charge in [0.15, 0.2) is 0 Å². The van der Waals surface area contributed by atoms with Crippen molar-refractivity contribution in [1.29, 1.82) is 0 Å². The fourth-order valence-electron chi connectivity index (χ4n) is 2.23. The largest absolute Gasteiger partial charge is 0.325 e. The fraction of sp³-hybridized carbons (Fsp3) is 0.615. The number of hydrogen-bond acceptors (Lipinski definition) is 5. The van der Waals surface area contributed by atoms with E-state index >= 15 is 0 Å². The van der Waals surface area contributed by atoms with Gasteiger partial charge in [0.05, 0.1) is 5.69 Å². The molecule has 0 spiro atoms. The van der Waals surface area contributed by atoms with Gasteiger partial charge in [-0.25, -0.2) is 8.42 Å². The van der Waals surface area contributed by atoms with Crippen molar-refractivity contribution in [3.8, 4) is 0 Å². The monoisotopic (exact) mass is 298 g/mol. The highest BCUT2D eigenvalue weighted by Gasteiger charge is 2.37. The van der Waals surface area contributed by atoms with Gasteiger partial charge in [-0.15, -0.1) is 0 Å². The summed E-state index contributed by atoms with van der Waals surface area (Å²) >= 11 is 0. The molecule has 0 radical (unpaired) electrons. The second-order valence-corrected chi connectivity index (χ2v) is 7.70. The minimum Gasteiger partial charge on any atom is -0.325 e. The van der Waals surface area contributed by atoms with Gasteiger partial charge in [0, 0.05) is 37.9 Å². The molecule has 1 saturated heterocycles. The second-order valence-electron chi connectivity index (χ2n) is 5.76. The lowest BCUT2D eigenvalue weighted by atomic mass is 10.0. The minimum absolute atomic E-state index is 0.171. The highest BCUT2D eigenvalue weighted by molar-refractivity contribution is 7.89. The standard InChI is InChI=1S/C13H22N4O2S/c1-13(2)10-17(7-6-16(13)3)20(18,19)12-5-4-11(8-14)15-9-12/h4-5,9H,6-8,10,14H2,1-3H3. The normalized spacial score (nSPS) is 21.0. The van der Waals surface area contributed by atoms with Crippen LogP contribution in [0.1, 0.15) is 19.5 Å². The maximum Gasteiger partial charge on any atom is 0.244 e. The van der Waals surface area contributed by atoms with Crippen molar-refractivity contribution in [3.05, 3.63) is 24.0 Å². The van der Waals surface area contributed by atoms with E-state index in [1.165, 1.54) is 10.5 Å². The van der Waals surface area contributed by atoms with Crippen molar-refractivity contribution < 1.29 is 8.42 Å². The van der Waals surface area contributed by atoms with Crippen LogP contribution in [0.3, 0.4) is 0 Å². The minimum atomic E-state index is -3.48. The van der Waals surface area contributed by atoms with Crippen molar-refractivity contribution in [1.82, 2.24) is 14.2 Å². The molecule has 112 valence electrons. The zero-order valence-electron chi connectivity index (χ0n) is 12.2. The summed E-state index contributed by atoms with van der Waals surface area (Å²) in [6.07, 6.45) is 1.39. The molecule has 2 heterocycles. The molecule has 1 aliphatic heterocycles. The van der Waals surface area contributed by atoms with Gasteiger partial charge in [-0.05, 0) is 33.0 Å². The van der Waals surface area contributed by atoms with E-state index in [1.807, 2.05) is 20.9 Å². The molecule has 2 N–H and O–H groups in total. The van der Waals surface area contributed by atoms with Gasteiger partial charge >= 0.3 is 0 Å². The second kappa shape index (κ2) is 5.40. The third-order valence-corrected chi connectivity index (χ3v) is 5.75. The number of pyridine rings is 1. The highest BCUT2D eigenvalue weighted by atomic mass is 32.2. The Hall–Kier alpha value is -1.02. The van der Waals surface area contributed by atoms with Crippen molar-refractivity contribution in [2.24, 2.45) is 5.73 Å². The predicted molar refractivity (Wildman–Crippen MR) is 77.6 cm³/mol. The first kappa shape index (κ1) is 15.4. The summed E-state index contributed by atoms with van der Waals surface area (Å²) in [5, 5.41) is 0. The Morgan fingerprint density at radius 3 is 2.55 bits per heavy atom. The van der Waals surface area contributed by atoms with Crippen LogP contribution in [-0.2, 0) is 16.6 Å². The van der Waals surface area contributed by atoms with Gasteiger partial charge in [-0.2, -0.15) is 4.31 Å². The lowest BCUT2D eigenvalue weighted by molar-refractivity contribution is 0.0801. The Bertz CT molecular complexity index is 569. The molecule has 0 saturated carbocycles. The van der Waals surface area contributed by atoms with Crippen molar-refractivity contribution in [2.75, 3.05) is 26.7 Å². The maximum absolute atomic E-state index is 12.6. The van der Waals surface area contributed by atoms with E-state index in [-0.39, 0.29) is 10.4 Å². The first-order chi connectivity index (χ1) is 9.27. The number of likely N-dealkylation sites (N-methyl/N-ethyl adjacent to an activating group) is 1. The van der Waals surface area contributed by atoms with Crippen LogP contribution < -0.4 is 5.73 Å². The van der Waals surface area contributed by atoms with Crippen molar-refractivity contribution >= 4 is 10.0 Å². The summed E-state index contributed by atoms with van der Waals surface area (Å²) in [6, 6.07) is 3.24. The summed E-state index contributed by atoms with van der Waals surface area (Å²) in [6.45, 7) is 6.10. The molecule has 0 unspecified atom stereocenters. The molecule has 0 atom stereocenters. The number of nitrogens with zero attached hydrogens (tertiary/aromatic N) is 3. The summed E-state index contributed by atoms with van der Waals surface area (Å²) in [7, 11) is -1.46. The number of hydrogen-bond donors (Lipinski definition) is 1. The van der Waals surface area contributed by atoms with Crippen LogP contribution in [0, 0.1) is 0 Å². The van der Waals surface area contributed by atoms with E-state index in [4.69, 9.17) is 5.73 Å². The molecule has 7 heteroatoms. The molecular weight excluding hydrogens is 276 g/mol. The number of aromatic nitrogens is 1. The summed E-state index contributed by atoms with van der Waals surface area (Å²) in [4.78, 5) is 6.48. The fourth-order valence-corrected chi connectivity index (χ4v) is 3.77. The average molecular weight is 298 g/mol. The predicted octanol–water partition coefficient (Wildman–Crippen LogP) is 0.255. The molecule has 1 aliphatic rings. The molecular formula is C13H22N4O2S. The van der Waals surface area contributed by atoms with Crippen LogP contribution in [-0.4, -0.2) is 54.8 Å². The van der Waals surface area contributed by atoms with E-state index in [0.717, 1.165) is 6.54 Å². The Labute approximate surface area is 120 Å². The average Bonchev–Trinajstić information content (AvgIpc) is 2.41. The van der Waals surface area contributed by atoms with E-state index in [2.05, 4.69) is 9.88 Å². The van der Waals surface area contributed by atoms with Gasteiger partial charge in [-0.1, -0.05) is 0 Å². The van der Waals surface area contributed by atoms with Gasteiger partial charge in [0.2, 0.25) is 10.0 Å². The van der Waals surface area contributed by atoms with Gasteiger partial charge < -0.3 is 5.73 Å². The highest BCUT2D eigenvalue weighted by Crippen LogP contribution is 2.24. The molecule has 1 aromatic heterocycles. The lowest BCUT2D eigenvalue weighted by Crippen LogP contribution is -2.58. The SMILES string of the molecule is CN1CCN(S(=O)(=O)c2ccc(CN)nc2)CC1(C)C. The topological polar surface area (TPSA) is 79.5 Å². The van der Waals surface area contributed by atoms with Crippen LogP contribution in [0.2, 0.25) is 0 Å². The molecule has 1 aromatic rings. The molecule has 0 bridgehead atoms.